The molecule has 0 bridgehead atoms. The van der Waals surface area contributed by atoms with Crippen LogP contribution in [0, 0.1) is 13.8 Å². The predicted molar refractivity (Wildman–Crippen MR) is 75.0 cm³/mol. The minimum atomic E-state index is -0.0564. The molecule has 1 aromatic carbocycles. The predicted octanol–water partition coefficient (Wildman–Crippen LogP) is 2.62. The number of carbonyl (C=O) groups excluding carboxylic acids is 1. The van der Waals surface area contributed by atoms with Crippen molar-refractivity contribution in [3.63, 3.8) is 0 Å². The van der Waals surface area contributed by atoms with E-state index in [1.54, 1.807) is 12.3 Å². The van der Waals surface area contributed by atoms with Crippen molar-refractivity contribution in [2.45, 2.75) is 20.4 Å². The van der Waals surface area contributed by atoms with Crippen LogP contribution in [0.4, 0.5) is 5.69 Å². The van der Waals surface area contributed by atoms with Gasteiger partial charge in [-0.15, -0.1) is 0 Å². The van der Waals surface area contributed by atoms with E-state index < -0.39 is 0 Å². The molecule has 100 valence electrons. The summed E-state index contributed by atoms with van der Waals surface area (Å²) in [5.74, 6) is 0.694. The van der Waals surface area contributed by atoms with E-state index in [1.165, 1.54) is 0 Å². The second-order valence-electron chi connectivity index (χ2n) is 4.48. The Balaban J connectivity index is 1.83. The Morgan fingerprint density at radius 3 is 2.53 bits per heavy atom. The first-order chi connectivity index (χ1) is 9.16. The number of anilines is 1. The molecular formula is C15H18N2O2. The highest BCUT2D eigenvalue weighted by Crippen LogP contribution is 2.18. The zero-order chi connectivity index (χ0) is 13.7. The summed E-state index contributed by atoms with van der Waals surface area (Å²) in [5, 5.41) is 5.97. The van der Waals surface area contributed by atoms with Crippen LogP contribution in [-0.2, 0) is 11.3 Å². The van der Waals surface area contributed by atoms with Crippen LogP contribution >= 0.6 is 0 Å². The summed E-state index contributed by atoms with van der Waals surface area (Å²) >= 11 is 0. The van der Waals surface area contributed by atoms with E-state index >= 15 is 0 Å². The van der Waals surface area contributed by atoms with Gasteiger partial charge in [0.1, 0.15) is 5.76 Å². The minimum Gasteiger partial charge on any atom is -0.467 e. The lowest BCUT2D eigenvalue weighted by molar-refractivity contribution is -0.119. The molecule has 0 atom stereocenters. The van der Waals surface area contributed by atoms with Crippen LogP contribution in [0.5, 0.6) is 0 Å². The number of amides is 1. The Morgan fingerprint density at radius 2 is 1.89 bits per heavy atom. The molecule has 0 aliphatic carbocycles. The Labute approximate surface area is 112 Å². The average Bonchev–Trinajstić information content (AvgIpc) is 2.89. The number of furan rings is 1. The molecule has 0 aliphatic rings. The van der Waals surface area contributed by atoms with Crippen LogP contribution in [0.25, 0.3) is 0 Å². The van der Waals surface area contributed by atoms with E-state index in [9.17, 15) is 4.79 Å². The molecule has 0 radical (unpaired) electrons. The second kappa shape index (κ2) is 6.09. The molecule has 0 saturated carbocycles. The monoisotopic (exact) mass is 258 g/mol. The Morgan fingerprint density at radius 1 is 1.16 bits per heavy atom. The van der Waals surface area contributed by atoms with Gasteiger partial charge in [-0.25, -0.2) is 0 Å². The maximum absolute atomic E-state index is 11.7. The Hall–Kier alpha value is -2.23. The lowest BCUT2D eigenvalue weighted by atomic mass is 10.1. The highest BCUT2D eigenvalue weighted by Gasteiger charge is 2.05. The summed E-state index contributed by atoms with van der Waals surface area (Å²) < 4.78 is 5.15. The Bertz CT molecular complexity index is 527. The van der Waals surface area contributed by atoms with Gasteiger partial charge < -0.3 is 15.1 Å². The second-order valence-corrected chi connectivity index (χ2v) is 4.48. The molecular weight excluding hydrogens is 240 g/mol. The lowest BCUT2D eigenvalue weighted by Gasteiger charge is -2.12. The SMILES string of the molecule is Cc1cccc(C)c1NCC(=O)NCc1ccco1. The van der Waals surface area contributed by atoms with Crippen molar-refractivity contribution in [1.82, 2.24) is 5.32 Å². The molecule has 4 nitrogen and oxygen atoms in total. The van der Waals surface area contributed by atoms with Gasteiger partial charge in [-0.1, -0.05) is 18.2 Å². The van der Waals surface area contributed by atoms with E-state index in [4.69, 9.17) is 4.42 Å². The molecule has 0 spiro atoms. The molecule has 1 amide bonds. The van der Waals surface area contributed by atoms with Crippen molar-refractivity contribution in [2.75, 3.05) is 11.9 Å². The van der Waals surface area contributed by atoms with Gasteiger partial charge in [-0.2, -0.15) is 0 Å². The summed E-state index contributed by atoms with van der Waals surface area (Å²) in [7, 11) is 0. The van der Waals surface area contributed by atoms with Gasteiger partial charge >= 0.3 is 0 Å². The third kappa shape index (κ3) is 3.61. The molecule has 19 heavy (non-hydrogen) atoms. The molecule has 0 saturated heterocycles. The topological polar surface area (TPSA) is 54.3 Å². The van der Waals surface area contributed by atoms with Crippen LogP contribution in [0.2, 0.25) is 0 Å². The number of benzene rings is 1. The van der Waals surface area contributed by atoms with Crippen LogP contribution in [0.15, 0.2) is 41.0 Å². The van der Waals surface area contributed by atoms with Crippen molar-refractivity contribution in [2.24, 2.45) is 0 Å². The maximum atomic E-state index is 11.7. The number of para-hydroxylation sites is 1. The van der Waals surface area contributed by atoms with Crippen LogP contribution in [0.3, 0.4) is 0 Å². The van der Waals surface area contributed by atoms with Crippen molar-refractivity contribution in [3.05, 3.63) is 53.5 Å². The largest absolute Gasteiger partial charge is 0.467 e. The molecule has 1 heterocycles. The fourth-order valence-corrected chi connectivity index (χ4v) is 1.92. The first kappa shape index (κ1) is 13.2. The number of nitrogens with one attached hydrogen (secondary N) is 2. The molecule has 1 aromatic heterocycles. The molecule has 2 N–H and O–H groups in total. The summed E-state index contributed by atoms with van der Waals surface area (Å²) in [6.45, 7) is 4.72. The quantitative estimate of drug-likeness (QED) is 0.866. The highest BCUT2D eigenvalue weighted by molar-refractivity contribution is 5.81. The normalized spacial score (nSPS) is 10.2. The standard InChI is InChI=1S/C15H18N2O2/c1-11-5-3-6-12(2)15(11)17-10-14(18)16-9-13-7-4-8-19-13/h3-8,17H,9-10H2,1-2H3,(H,16,18). The van der Waals surface area contributed by atoms with Crippen LogP contribution in [-0.4, -0.2) is 12.5 Å². The van der Waals surface area contributed by atoms with Gasteiger partial charge in [0.05, 0.1) is 19.4 Å². The lowest BCUT2D eigenvalue weighted by Crippen LogP contribution is -2.29. The van der Waals surface area contributed by atoms with Gasteiger partial charge in [0.25, 0.3) is 0 Å². The van der Waals surface area contributed by atoms with Crippen LogP contribution in [0.1, 0.15) is 16.9 Å². The van der Waals surface area contributed by atoms with E-state index in [0.29, 0.717) is 6.54 Å². The van der Waals surface area contributed by atoms with E-state index in [2.05, 4.69) is 10.6 Å². The Kier molecular flexibility index (Phi) is 4.23. The number of carbonyl (C=O) groups is 1. The molecule has 0 unspecified atom stereocenters. The van der Waals surface area contributed by atoms with Gasteiger partial charge in [-0.3, -0.25) is 4.79 Å². The van der Waals surface area contributed by atoms with Gasteiger partial charge in [0.15, 0.2) is 0 Å². The third-order valence-electron chi connectivity index (χ3n) is 2.95. The number of hydrogen-bond donors (Lipinski definition) is 2. The summed E-state index contributed by atoms with van der Waals surface area (Å²) in [4.78, 5) is 11.7. The van der Waals surface area contributed by atoms with Crippen molar-refractivity contribution < 1.29 is 9.21 Å². The fraction of sp³-hybridized carbons (Fsp3) is 0.267. The summed E-state index contributed by atoms with van der Waals surface area (Å²) in [6.07, 6.45) is 1.59. The smallest absolute Gasteiger partial charge is 0.239 e. The van der Waals surface area contributed by atoms with Gasteiger partial charge in [0, 0.05) is 5.69 Å². The first-order valence-corrected chi connectivity index (χ1v) is 6.26. The number of aryl methyl sites for hydroxylation is 2. The molecule has 4 heteroatoms. The minimum absolute atomic E-state index is 0.0564. The summed E-state index contributed by atoms with van der Waals surface area (Å²) in [5.41, 5.74) is 3.30. The van der Waals surface area contributed by atoms with Crippen molar-refractivity contribution in [1.29, 1.82) is 0 Å². The number of hydrogen-bond acceptors (Lipinski definition) is 3. The van der Waals surface area contributed by atoms with E-state index in [-0.39, 0.29) is 12.5 Å². The molecule has 0 fully saturated rings. The highest BCUT2D eigenvalue weighted by atomic mass is 16.3. The zero-order valence-electron chi connectivity index (χ0n) is 11.2. The van der Waals surface area contributed by atoms with E-state index in [1.807, 2.05) is 38.1 Å². The van der Waals surface area contributed by atoms with Gasteiger partial charge in [-0.05, 0) is 37.1 Å². The first-order valence-electron chi connectivity index (χ1n) is 6.26. The molecule has 0 aliphatic heterocycles. The third-order valence-corrected chi connectivity index (χ3v) is 2.95. The zero-order valence-corrected chi connectivity index (χ0v) is 11.2. The van der Waals surface area contributed by atoms with Crippen molar-refractivity contribution >= 4 is 11.6 Å². The van der Waals surface area contributed by atoms with Gasteiger partial charge in [0.2, 0.25) is 5.91 Å². The van der Waals surface area contributed by atoms with Crippen molar-refractivity contribution in [3.8, 4) is 0 Å². The van der Waals surface area contributed by atoms with Crippen LogP contribution < -0.4 is 10.6 Å². The molecule has 2 aromatic rings. The average molecular weight is 258 g/mol. The summed E-state index contributed by atoms with van der Waals surface area (Å²) in [6, 6.07) is 9.69. The maximum Gasteiger partial charge on any atom is 0.239 e. The van der Waals surface area contributed by atoms with E-state index in [0.717, 1.165) is 22.6 Å². The molecule has 2 rings (SSSR count). The number of rotatable bonds is 5. The fourth-order valence-electron chi connectivity index (χ4n) is 1.92.